The van der Waals surface area contributed by atoms with E-state index in [1.807, 2.05) is 0 Å². The van der Waals surface area contributed by atoms with Crippen LogP contribution in [0.15, 0.2) is 23.1 Å². The molecule has 1 saturated heterocycles. The highest BCUT2D eigenvalue weighted by Crippen LogP contribution is 2.22. The predicted molar refractivity (Wildman–Crippen MR) is 72.7 cm³/mol. The molecule has 6 heteroatoms. The number of benzene rings is 1. The molecule has 0 amide bonds. The summed E-state index contributed by atoms with van der Waals surface area (Å²) in [6, 6.07) is 4.90. The molecule has 1 heterocycles. The van der Waals surface area contributed by atoms with Gasteiger partial charge < -0.3 is 5.32 Å². The quantitative estimate of drug-likeness (QED) is 0.906. The third kappa shape index (κ3) is 3.45. The number of rotatable bonds is 3. The lowest BCUT2D eigenvalue weighted by atomic mass is 10.2. The SMILES string of the molecule is CS(=O)(=O)c1ccc(Cl)c(CN2CCNCC2)c1. The number of nitrogens with one attached hydrogen (secondary N) is 1. The van der Waals surface area contributed by atoms with E-state index in [4.69, 9.17) is 11.6 Å². The maximum Gasteiger partial charge on any atom is 0.175 e. The Labute approximate surface area is 113 Å². The summed E-state index contributed by atoms with van der Waals surface area (Å²) in [6.07, 6.45) is 1.21. The van der Waals surface area contributed by atoms with Gasteiger partial charge >= 0.3 is 0 Å². The van der Waals surface area contributed by atoms with Gasteiger partial charge in [-0.15, -0.1) is 0 Å². The molecular weight excluding hydrogens is 272 g/mol. The van der Waals surface area contributed by atoms with E-state index >= 15 is 0 Å². The molecule has 0 bridgehead atoms. The van der Waals surface area contributed by atoms with Gasteiger partial charge in [-0.2, -0.15) is 0 Å². The van der Waals surface area contributed by atoms with E-state index in [2.05, 4.69) is 10.2 Å². The summed E-state index contributed by atoms with van der Waals surface area (Å²) in [5.41, 5.74) is 0.876. The van der Waals surface area contributed by atoms with Crippen molar-refractivity contribution in [3.63, 3.8) is 0 Å². The lowest BCUT2D eigenvalue weighted by molar-refractivity contribution is 0.233. The zero-order valence-electron chi connectivity index (χ0n) is 10.3. The molecule has 0 aromatic heterocycles. The summed E-state index contributed by atoms with van der Waals surface area (Å²) >= 11 is 6.13. The molecule has 4 nitrogen and oxygen atoms in total. The average Bonchev–Trinajstić information content (AvgIpc) is 2.32. The molecular formula is C12H17ClN2O2S. The van der Waals surface area contributed by atoms with Gasteiger partial charge in [-0.1, -0.05) is 11.6 Å². The zero-order valence-corrected chi connectivity index (χ0v) is 11.9. The topological polar surface area (TPSA) is 49.4 Å². The normalized spacial score (nSPS) is 17.9. The second-order valence-corrected chi connectivity index (χ2v) is 6.97. The van der Waals surface area contributed by atoms with Gasteiger partial charge in [0.1, 0.15) is 0 Å². The van der Waals surface area contributed by atoms with Crippen molar-refractivity contribution in [3.8, 4) is 0 Å². The van der Waals surface area contributed by atoms with Gasteiger partial charge in [0.2, 0.25) is 0 Å². The second kappa shape index (κ2) is 5.57. The van der Waals surface area contributed by atoms with Gasteiger partial charge in [-0.3, -0.25) is 4.90 Å². The Morgan fingerprint density at radius 2 is 2.00 bits per heavy atom. The van der Waals surface area contributed by atoms with E-state index < -0.39 is 9.84 Å². The van der Waals surface area contributed by atoms with Crippen LogP contribution in [0.2, 0.25) is 5.02 Å². The first kappa shape index (κ1) is 13.8. The van der Waals surface area contributed by atoms with Crippen LogP contribution >= 0.6 is 11.6 Å². The zero-order chi connectivity index (χ0) is 13.2. The van der Waals surface area contributed by atoms with Gasteiger partial charge in [-0.25, -0.2) is 8.42 Å². The first-order valence-corrected chi connectivity index (χ1v) is 8.15. The number of nitrogens with zero attached hydrogens (tertiary/aromatic N) is 1. The summed E-state index contributed by atoms with van der Waals surface area (Å²) < 4.78 is 23.0. The molecule has 100 valence electrons. The van der Waals surface area contributed by atoms with Gasteiger partial charge in [-0.05, 0) is 23.8 Å². The van der Waals surface area contributed by atoms with Crippen LogP contribution in [0.4, 0.5) is 0 Å². The van der Waals surface area contributed by atoms with Gasteiger partial charge in [0.25, 0.3) is 0 Å². The van der Waals surface area contributed by atoms with Crippen molar-refractivity contribution in [2.45, 2.75) is 11.4 Å². The average molecular weight is 289 g/mol. The molecule has 0 spiro atoms. The monoisotopic (exact) mass is 288 g/mol. The molecule has 0 saturated carbocycles. The number of hydrogen-bond donors (Lipinski definition) is 1. The Morgan fingerprint density at radius 3 is 2.61 bits per heavy atom. The van der Waals surface area contributed by atoms with E-state index in [0.717, 1.165) is 31.7 Å². The van der Waals surface area contributed by atoms with Gasteiger partial charge in [0, 0.05) is 44.0 Å². The predicted octanol–water partition coefficient (Wildman–Crippen LogP) is 1.15. The minimum atomic E-state index is -3.17. The molecule has 0 atom stereocenters. The Kier molecular flexibility index (Phi) is 4.27. The van der Waals surface area contributed by atoms with Crippen LogP contribution in [0.1, 0.15) is 5.56 Å². The third-order valence-electron chi connectivity index (χ3n) is 3.05. The fourth-order valence-electron chi connectivity index (χ4n) is 2.01. The lowest BCUT2D eigenvalue weighted by Gasteiger charge is -2.27. The smallest absolute Gasteiger partial charge is 0.175 e. The van der Waals surface area contributed by atoms with Crippen molar-refractivity contribution in [3.05, 3.63) is 28.8 Å². The number of halogens is 1. The molecule has 0 radical (unpaired) electrons. The summed E-state index contributed by atoms with van der Waals surface area (Å²) in [5, 5.41) is 3.91. The molecule has 1 fully saturated rings. The van der Waals surface area contributed by atoms with Crippen LogP contribution < -0.4 is 5.32 Å². The molecule has 1 aliphatic heterocycles. The highest BCUT2D eigenvalue weighted by atomic mass is 35.5. The van der Waals surface area contributed by atoms with Crippen molar-refractivity contribution in [2.24, 2.45) is 0 Å². The van der Waals surface area contributed by atoms with Crippen molar-refractivity contribution >= 4 is 21.4 Å². The fourth-order valence-corrected chi connectivity index (χ4v) is 2.86. The van der Waals surface area contributed by atoms with Crippen LogP contribution in [0.3, 0.4) is 0 Å². The number of hydrogen-bond acceptors (Lipinski definition) is 4. The molecule has 0 unspecified atom stereocenters. The summed E-state index contributed by atoms with van der Waals surface area (Å²) in [4.78, 5) is 2.60. The van der Waals surface area contributed by atoms with Crippen molar-refractivity contribution in [1.82, 2.24) is 10.2 Å². The first-order chi connectivity index (χ1) is 8.47. The summed E-state index contributed by atoms with van der Waals surface area (Å²) in [7, 11) is -3.17. The van der Waals surface area contributed by atoms with E-state index in [1.165, 1.54) is 6.26 Å². The van der Waals surface area contributed by atoms with E-state index in [-0.39, 0.29) is 0 Å². The highest BCUT2D eigenvalue weighted by Gasteiger charge is 2.14. The second-order valence-electron chi connectivity index (χ2n) is 4.55. The molecule has 2 rings (SSSR count). The Bertz CT molecular complexity index is 525. The van der Waals surface area contributed by atoms with E-state index in [0.29, 0.717) is 16.5 Å². The summed E-state index contributed by atoms with van der Waals surface area (Å²) in [5.74, 6) is 0. The molecule has 0 aliphatic carbocycles. The van der Waals surface area contributed by atoms with E-state index in [9.17, 15) is 8.42 Å². The standard InChI is InChI=1S/C12H17ClN2O2S/c1-18(16,17)11-2-3-12(13)10(8-11)9-15-6-4-14-5-7-15/h2-3,8,14H,4-7,9H2,1H3. The van der Waals surface area contributed by atoms with Crippen molar-refractivity contribution < 1.29 is 8.42 Å². The fraction of sp³-hybridized carbons (Fsp3) is 0.500. The van der Waals surface area contributed by atoms with Crippen LogP contribution in [-0.4, -0.2) is 45.8 Å². The lowest BCUT2D eigenvalue weighted by Crippen LogP contribution is -2.42. The minimum absolute atomic E-state index is 0.331. The van der Waals surface area contributed by atoms with Crippen LogP contribution in [0.5, 0.6) is 0 Å². The number of sulfone groups is 1. The van der Waals surface area contributed by atoms with E-state index in [1.54, 1.807) is 18.2 Å². The first-order valence-electron chi connectivity index (χ1n) is 5.88. The maximum absolute atomic E-state index is 11.5. The van der Waals surface area contributed by atoms with Gasteiger partial charge in [0.05, 0.1) is 4.90 Å². The third-order valence-corrected chi connectivity index (χ3v) is 4.53. The molecule has 1 aliphatic rings. The Morgan fingerprint density at radius 1 is 1.33 bits per heavy atom. The Balaban J connectivity index is 2.21. The van der Waals surface area contributed by atoms with Gasteiger partial charge in [0.15, 0.2) is 9.84 Å². The van der Waals surface area contributed by atoms with Crippen LogP contribution in [0.25, 0.3) is 0 Å². The largest absolute Gasteiger partial charge is 0.314 e. The van der Waals surface area contributed by atoms with Crippen LogP contribution in [-0.2, 0) is 16.4 Å². The minimum Gasteiger partial charge on any atom is -0.314 e. The molecule has 18 heavy (non-hydrogen) atoms. The Hall–Kier alpha value is -0.620. The van der Waals surface area contributed by atoms with Crippen molar-refractivity contribution in [1.29, 1.82) is 0 Å². The van der Waals surface area contributed by atoms with Crippen LogP contribution in [0, 0.1) is 0 Å². The summed E-state index contributed by atoms with van der Waals surface area (Å²) in [6.45, 7) is 4.54. The highest BCUT2D eigenvalue weighted by molar-refractivity contribution is 7.90. The molecule has 1 aromatic carbocycles. The molecule has 1 aromatic rings. The molecule has 1 N–H and O–H groups in total. The van der Waals surface area contributed by atoms with Crippen molar-refractivity contribution in [2.75, 3.05) is 32.4 Å². The number of piperazine rings is 1. The maximum atomic E-state index is 11.5.